The van der Waals surface area contributed by atoms with E-state index in [1.54, 1.807) is 0 Å². The number of benzene rings is 2. The molecular weight excluding hydrogens is 352 g/mol. The predicted molar refractivity (Wildman–Crippen MR) is 111 cm³/mol. The molecule has 0 spiro atoms. The van der Waals surface area contributed by atoms with Gasteiger partial charge in [0.1, 0.15) is 0 Å². The average Bonchev–Trinajstić information content (AvgIpc) is 3.01. The number of fused-ring (bicyclic) bond motifs is 3. The minimum atomic E-state index is -0.219. The Labute approximate surface area is 164 Å². The Bertz CT molecular complexity index is 1030. The van der Waals surface area contributed by atoms with Crippen LogP contribution in [0.2, 0.25) is 0 Å². The number of nitrogens with zero attached hydrogens (tertiary/aromatic N) is 1. The van der Waals surface area contributed by atoms with Crippen molar-refractivity contribution in [2.24, 2.45) is 11.7 Å². The van der Waals surface area contributed by atoms with Crippen LogP contribution in [0.1, 0.15) is 19.8 Å². The van der Waals surface area contributed by atoms with Gasteiger partial charge in [-0.2, -0.15) is 0 Å². The molecule has 0 aliphatic carbocycles. The highest BCUT2D eigenvalue weighted by atomic mass is 16.2. The van der Waals surface area contributed by atoms with E-state index in [0.29, 0.717) is 6.54 Å². The summed E-state index contributed by atoms with van der Waals surface area (Å²) >= 11 is 0. The Kier molecular flexibility index (Phi) is 5.05. The van der Waals surface area contributed by atoms with Crippen LogP contribution in [0.15, 0.2) is 42.5 Å². The molecule has 1 aromatic heterocycles. The van der Waals surface area contributed by atoms with Gasteiger partial charge in [0.25, 0.3) is 5.91 Å². The van der Waals surface area contributed by atoms with Crippen LogP contribution >= 0.6 is 0 Å². The Hall–Kier alpha value is -2.86. The topological polar surface area (TPSA) is 81.6 Å². The monoisotopic (exact) mass is 379 g/mol. The number of carbonyl (C=O) groups is 2. The molecule has 1 saturated heterocycles. The zero-order valence-corrected chi connectivity index (χ0v) is 16.2. The second-order valence-electron chi connectivity index (χ2n) is 7.64. The molecule has 146 valence electrons. The molecule has 4 N–H and O–H groups in total. The van der Waals surface area contributed by atoms with Crippen LogP contribution in [-0.2, 0) is 16.1 Å². The van der Waals surface area contributed by atoms with Crippen LogP contribution < -0.4 is 16.0 Å². The van der Waals surface area contributed by atoms with Crippen LogP contribution in [0.5, 0.6) is 0 Å². The number of anilines is 1. The average molecular weight is 379 g/mol. The maximum Gasteiger partial charge on any atom is 0.279 e. The predicted octanol–water partition coefficient (Wildman–Crippen LogP) is 1.53. The Morgan fingerprint density at radius 3 is 2.54 bits per heavy atom. The molecule has 6 nitrogen and oxygen atoms in total. The third-order valence-corrected chi connectivity index (χ3v) is 5.88. The third-order valence-electron chi connectivity index (χ3n) is 5.88. The van der Waals surface area contributed by atoms with Crippen molar-refractivity contribution in [3.63, 3.8) is 0 Å². The first kappa shape index (κ1) is 18.5. The largest absolute Gasteiger partial charge is 0.369 e. The van der Waals surface area contributed by atoms with Crippen molar-refractivity contribution in [3.05, 3.63) is 42.5 Å². The number of hydrogen-bond donors (Lipinski definition) is 3. The van der Waals surface area contributed by atoms with E-state index in [1.165, 1.54) is 21.3 Å². The highest BCUT2D eigenvalue weighted by Gasteiger charge is 2.27. The summed E-state index contributed by atoms with van der Waals surface area (Å²) in [6.45, 7) is 5.08. The minimum absolute atomic E-state index is 0.00565. The fraction of sp³-hybridized carbons (Fsp3) is 0.364. The second-order valence-corrected chi connectivity index (χ2v) is 7.64. The van der Waals surface area contributed by atoms with Gasteiger partial charge in [0.15, 0.2) is 6.54 Å². The van der Waals surface area contributed by atoms with E-state index in [9.17, 15) is 9.59 Å². The van der Waals surface area contributed by atoms with Crippen LogP contribution in [0.3, 0.4) is 0 Å². The molecule has 0 unspecified atom stereocenters. The molecular formula is C22H27N4O2+. The van der Waals surface area contributed by atoms with E-state index in [-0.39, 0.29) is 17.7 Å². The molecule has 0 bridgehead atoms. The van der Waals surface area contributed by atoms with Gasteiger partial charge in [-0.05, 0) is 31.2 Å². The number of para-hydroxylation sites is 1. The number of hydrogen-bond acceptors (Lipinski definition) is 2. The van der Waals surface area contributed by atoms with Crippen molar-refractivity contribution in [1.29, 1.82) is 0 Å². The lowest BCUT2D eigenvalue weighted by Gasteiger charge is -2.27. The number of amides is 2. The lowest BCUT2D eigenvalue weighted by Crippen LogP contribution is -3.14. The molecule has 0 saturated carbocycles. The summed E-state index contributed by atoms with van der Waals surface area (Å²) < 4.78 is 2.29. The smallest absolute Gasteiger partial charge is 0.279 e. The van der Waals surface area contributed by atoms with Crippen molar-refractivity contribution in [3.8, 4) is 0 Å². The van der Waals surface area contributed by atoms with Gasteiger partial charge in [0.2, 0.25) is 5.91 Å². The summed E-state index contributed by atoms with van der Waals surface area (Å²) in [5.41, 5.74) is 8.60. The van der Waals surface area contributed by atoms with Gasteiger partial charge in [0.05, 0.1) is 13.1 Å². The first-order valence-corrected chi connectivity index (χ1v) is 10.0. The molecule has 2 aromatic carbocycles. The van der Waals surface area contributed by atoms with Crippen LogP contribution in [0, 0.1) is 5.92 Å². The van der Waals surface area contributed by atoms with Gasteiger partial charge in [-0.15, -0.1) is 0 Å². The van der Waals surface area contributed by atoms with Gasteiger partial charge in [-0.25, -0.2) is 0 Å². The lowest BCUT2D eigenvalue weighted by atomic mass is 9.96. The Balaban J connectivity index is 1.48. The summed E-state index contributed by atoms with van der Waals surface area (Å²) in [6, 6.07) is 14.5. The number of nitrogens with one attached hydrogen (secondary N) is 2. The first-order valence-electron chi connectivity index (χ1n) is 10.0. The number of piperidine rings is 1. The zero-order chi connectivity index (χ0) is 19.7. The number of quaternary nitrogens is 1. The molecule has 2 heterocycles. The fourth-order valence-corrected chi connectivity index (χ4v) is 4.39. The second kappa shape index (κ2) is 7.64. The number of rotatable bonds is 5. The van der Waals surface area contributed by atoms with E-state index < -0.39 is 0 Å². The molecule has 6 heteroatoms. The minimum Gasteiger partial charge on any atom is -0.369 e. The fourth-order valence-electron chi connectivity index (χ4n) is 4.39. The zero-order valence-electron chi connectivity index (χ0n) is 16.2. The van der Waals surface area contributed by atoms with Crippen LogP contribution in [-0.4, -0.2) is 36.0 Å². The summed E-state index contributed by atoms with van der Waals surface area (Å²) in [4.78, 5) is 25.0. The number of primary amides is 1. The highest BCUT2D eigenvalue weighted by Crippen LogP contribution is 2.30. The Morgan fingerprint density at radius 1 is 1.11 bits per heavy atom. The van der Waals surface area contributed by atoms with Crippen LogP contribution in [0.4, 0.5) is 5.69 Å². The molecule has 3 aromatic rings. The lowest BCUT2D eigenvalue weighted by molar-refractivity contribution is -0.897. The summed E-state index contributed by atoms with van der Waals surface area (Å²) in [7, 11) is 0. The quantitative estimate of drug-likeness (QED) is 0.628. The van der Waals surface area contributed by atoms with Crippen LogP contribution in [0.25, 0.3) is 21.8 Å². The molecule has 1 aliphatic rings. The molecule has 4 rings (SSSR count). The van der Waals surface area contributed by atoms with Crippen molar-refractivity contribution in [1.82, 2.24) is 4.57 Å². The molecule has 0 radical (unpaired) electrons. The number of aromatic nitrogens is 1. The van der Waals surface area contributed by atoms with Crippen molar-refractivity contribution < 1.29 is 14.5 Å². The molecule has 0 atom stereocenters. The number of aryl methyl sites for hydroxylation is 1. The van der Waals surface area contributed by atoms with E-state index >= 15 is 0 Å². The summed E-state index contributed by atoms with van der Waals surface area (Å²) in [6.07, 6.45) is 1.53. The summed E-state index contributed by atoms with van der Waals surface area (Å²) in [5.74, 6) is -0.251. The first-order chi connectivity index (χ1) is 13.6. The van der Waals surface area contributed by atoms with Crippen molar-refractivity contribution in [2.45, 2.75) is 26.3 Å². The van der Waals surface area contributed by atoms with Gasteiger partial charge >= 0.3 is 0 Å². The standard InChI is InChI=1S/C22H26N4O2/c1-2-26-19-6-4-3-5-17(19)18-13-16(7-8-20(18)26)24-21(27)14-25-11-9-15(10-12-25)22(23)28/h3-8,13,15H,2,9-12,14H2,1H3,(H2,23,28)(H,24,27)/p+1. The van der Waals surface area contributed by atoms with E-state index in [0.717, 1.165) is 43.5 Å². The normalized spacial score (nSPS) is 19.8. The van der Waals surface area contributed by atoms with Gasteiger partial charge in [0, 0.05) is 52.8 Å². The molecule has 2 amide bonds. The maximum atomic E-state index is 12.5. The van der Waals surface area contributed by atoms with E-state index in [1.807, 2.05) is 12.1 Å². The highest BCUT2D eigenvalue weighted by molar-refractivity contribution is 6.09. The maximum absolute atomic E-state index is 12.5. The molecule has 1 fully saturated rings. The number of carbonyl (C=O) groups excluding carboxylic acids is 2. The molecule has 1 aliphatic heterocycles. The van der Waals surface area contributed by atoms with Gasteiger partial charge in [-0.1, -0.05) is 18.2 Å². The summed E-state index contributed by atoms with van der Waals surface area (Å²) in [5, 5.41) is 5.41. The third kappa shape index (κ3) is 3.47. The van der Waals surface area contributed by atoms with E-state index in [4.69, 9.17) is 5.73 Å². The number of likely N-dealkylation sites (tertiary alicyclic amines) is 1. The van der Waals surface area contributed by atoms with Gasteiger partial charge in [-0.3, -0.25) is 9.59 Å². The van der Waals surface area contributed by atoms with Gasteiger partial charge < -0.3 is 20.5 Å². The van der Waals surface area contributed by atoms with Crippen molar-refractivity contribution in [2.75, 3.05) is 25.0 Å². The molecule has 28 heavy (non-hydrogen) atoms. The Morgan fingerprint density at radius 2 is 1.82 bits per heavy atom. The number of nitrogens with two attached hydrogens (primary N) is 1. The van der Waals surface area contributed by atoms with Crippen molar-refractivity contribution >= 4 is 39.3 Å². The van der Waals surface area contributed by atoms with E-state index in [2.05, 4.69) is 47.1 Å². The SMILES string of the molecule is CCn1c2ccccc2c2cc(NC(=O)C[NH+]3CCC(C(N)=O)CC3)ccc21.